The van der Waals surface area contributed by atoms with Crippen LogP contribution < -0.4 is 16.0 Å². The Hall–Kier alpha value is -3.82. The van der Waals surface area contributed by atoms with Crippen LogP contribution in [0.2, 0.25) is 0 Å². The Balaban J connectivity index is 1.39. The van der Waals surface area contributed by atoms with Crippen LogP contribution in [0, 0.1) is 0 Å². The number of hydrogen-bond acceptors (Lipinski definition) is 7. The lowest BCUT2D eigenvalue weighted by Gasteiger charge is -2.54. The largest absolute Gasteiger partial charge is 0.476 e. The molecule has 3 fully saturated rings. The lowest BCUT2D eigenvalue weighted by molar-refractivity contribution is -0.154. The Morgan fingerprint density at radius 1 is 0.426 bits per heavy atom. The molecule has 3 amide bonds. The highest BCUT2D eigenvalue weighted by Crippen LogP contribution is 2.69. The summed E-state index contributed by atoms with van der Waals surface area (Å²) in [6.07, 6.45) is 22.1. The molecule has 11 heteroatoms. The molecule has 68 heavy (non-hydrogen) atoms. The first-order valence-corrected chi connectivity index (χ1v) is 28.3. The summed E-state index contributed by atoms with van der Waals surface area (Å²) in [5.74, 6) is -0.220. The smallest absolute Gasteiger partial charge is 0.346 e. The number of phosphoric acid groups is 1. The first-order chi connectivity index (χ1) is 33.1. The van der Waals surface area contributed by atoms with Crippen LogP contribution >= 0.6 is 7.82 Å². The molecule has 3 aliphatic carbocycles. The van der Waals surface area contributed by atoms with E-state index in [1.54, 1.807) is 0 Å². The second kappa shape index (κ2) is 27.0. The van der Waals surface area contributed by atoms with Crippen LogP contribution in [-0.4, -0.2) is 34.5 Å². The van der Waals surface area contributed by atoms with Gasteiger partial charge in [-0.05, 0) is 93.7 Å². The molecule has 6 rings (SSSR count). The van der Waals surface area contributed by atoms with Crippen molar-refractivity contribution in [2.75, 3.05) is 0 Å². The predicted octanol–water partition coefficient (Wildman–Crippen LogP) is 14.6. The number of amides is 3. The fourth-order valence-electron chi connectivity index (χ4n) is 10.5. The van der Waals surface area contributed by atoms with Gasteiger partial charge in [0, 0.05) is 19.3 Å². The van der Waals surface area contributed by atoms with Gasteiger partial charge in [0.1, 0.15) is 16.8 Å². The third kappa shape index (κ3) is 14.9. The molecule has 10 nitrogen and oxygen atoms in total. The van der Waals surface area contributed by atoms with Crippen LogP contribution in [0.25, 0.3) is 0 Å². The van der Waals surface area contributed by atoms with Gasteiger partial charge in [0.2, 0.25) is 17.7 Å². The van der Waals surface area contributed by atoms with E-state index in [4.69, 9.17) is 13.6 Å². The topological polar surface area (TPSA) is 132 Å². The summed E-state index contributed by atoms with van der Waals surface area (Å²) in [5, 5.41) is 10.1. The van der Waals surface area contributed by atoms with E-state index in [1.807, 2.05) is 91.0 Å². The van der Waals surface area contributed by atoms with E-state index in [0.29, 0.717) is 57.8 Å². The van der Waals surface area contributed by atoms with Crippen molar-refractivity contribution >= 4 is 25.5 Å². The Morgan fingerprint density at radius 2 is 0.676 bits per heavy atom. The molecule has 374 valence electrons. The Kier molecular flexibility index (Phi) is 21.2. The summed E-state index contributed by atoms with van der Waals surface area (Å²) < 4.78 is 38.5. The molecule has 3 unspecified atom stereocenters. The first kappa shape index (κ1) is 53.5. The lowest BCUT2D eigenvalue weighted by Crippen LogP contribution is -2.56. The fourth-order valence-corrected chi connectivity index (χ4v) is 12.8. The minimum atomic E-state index is -4.69. The van der Waals surface area contributed by atoms with E-state index < -0.39 is 42.8 Å². The van der Waals surface area contributed by atoms with E-state index in [9.17, 15) is 14.4 Å². The minimum Gasteiger partial charge on any atom is -0.346 e. The average molecular weight is 954 g/mol. The van der Waals surface area contributed by atoms with Crippen molar-refractivity contribution in [3.05, 3.63) is 108 Å². The van der Waals surface area contributed by atoms with Crippen LogP contribution in [0.5, 0.6) is 0 Å². The van der Waals surface area contributed by atoms with E-state index in [2.05, 4.69) is 36.7 Å². The zero-order valence-corrected chi connectivity index (χ0v) is 42.7. The number of phosphoric ester groups is 1. The number of nitrogens with one attached hydrogen (secondary N) is 3. The molecule has 3 atom stereocenters. The second-order valence-corrected chi connectivity index (χ2v) is 21.6. The Labute approximate surface area is 409 Å². The van der Waals surface area contributed by atoms with Crippen molar-refractivity contribution in [3.8, 4) is 0 Å². The van der Waals surface area contributed by atoms with Gasteiger partial charge in [-0.15, -0.1) is 0 Å². The Morgan fingerprint density at radius 3 is 0.897 bits per heavy atom. The summed E-state index contributed by atoms with van der Waals surface area (Å²) in [7, 11) is -4.69. The normalized spacial score (nSPS) is 18.9. The maximum Gasteiger partial charge on any atom is 0.476 e. The van der Waals surface area contributed by atoms with Gasteiger partial charge in [0.15, 0.2) is 0 Å². The number of carbonyl (C=O) groups excluding carboxylic acids is 3. The van der Waals surface area contributed by atoms with Crippen molar-refractivity contribution < 1.29 is 32.5 Å². The molecule has 0 aliphatic heterocycles. The first-order valence-electron chi connectivity index (χ1n) is 26.8. The third-order valence-corrected chi connectivity index (χ3v) is 16.7. The number of rotatable bonds is 33. The molecular weight excluding hydrogens is 870 g/mol. The summed E-state index contributed by atoms with van der Waals surface area (Å²) in [6.45, 7) is 6.55. The fraction of sp³-hybridized carbons (Fsp3) is 0.632. The average Bonchev–Trinajstić information content (AvgIpc) is 3.31. The highest BCUT2D eigenvalue weighted by molar-refractivity contribution is 7.48. The summed E-state index contributed by atoms with van der Waals surface area (Å²) >= 11 is 0. The number of carbonyl (C=O) groups is 3. The zero-order chi connectivity index (χ0) is 48.1. The van der Waals surface area contributed by atoms with E-state index in [-0.39, 0.29) is 17.7 Å². The van der Waals surface area contributed by atoms with Crippen LogP contribution in [0.3, 0.4) is 0 Å². The number of hydrogen-bond donors (Lipinski definition) is 3. The van der Waals surface area contributed by atoms with Crippen molar-refractivity contribution in [3.63, 3.8) is 0 Å². The molecule has 3 saturated carbocycles. The quantitative estimate of drug-likeness (QED) is 0.0409. The molecular formula is C57H84N3O7P. The maximum atomic E-state index is 16.7. The van der Waals surface area contributed by atoms with Gasteiger partial charge in [-0.1, -0.05) is 189 Å². The van der Waals surface area contributed by atoms with Gasteiger partial charge in [0.05, 0.1) is 18.1 Å². The molecule has 3 N–H and O–H groups in total. The molecule has 3 aromatic carbocycles. The molecule has 3 aromatic rings. The van der Waals surface area contributed by atoms with Gasteiger partial charge in [-0.2, -0.15) is 0 Å². The summed E-state index contributed by atoms with van der Waals surface area (Å²) in [5.41, 5.74) is -0.806. The minimum absolute atomic E-state index is 0.0732. The van der Waals surface area contributed by atoms with Crippen LogP contribution in [0.4, 0.5) is 0 Å². The van der Waals surface area contributed by atoms with Crippen molar-refractivity contribution in [2.45, 2.75) is 229 Å². The summed E-state index contributed by atoms with van der Waals surface area (Å²) in [4.78, 5) is 41.9. The van der Waals surface area contributed by atoms with Gasteiger partial charge in [-0.25, -0.2) is 4.57 Å². The molecule has 0 aromatic heterocycles. The highest BCUT2D eigenvalue weighted by atomic mass is 31.2. The van der Waals surface area contributed by atoms with Crippen LogP contribution in [0.15, 0.2) is 91.0 Å². The number of unbranched alkanes of at least 4 members (excludes halogenated alkanes) is 12. The maximum absolute atomic E-state index is 16.7. The van der Waals surface area contributed by atoms with Crippen molar-refractivity contribution in [1.82, 2.24) is 16.0 Å². The highest BCUT2D eigenvalue weighted by Gasteiger charge is 2.61. The van der Waals surface area contributed by atoms with E-state index >= 15 is 4.57 Å². The van der Waals surface area contributed by atoms with Crippen molar-refractivity contribution in [1.29, 1.82) is 0 Å². The van der Waals surface area contributed by atoms with Gasteiger partial charge in [0.25, 0.3) is 0 Å². The molecule has 0 spiro atoms. The van der Waals surface area contributed by atoms with Crippen molar-refractivity contribution in [2.24, 2.45) is 0 Å². The molecule has 0 heterocycles. The molecule has 3 aliphatic rings. The van der Waals surface area contributed by atoms with Gasteiger partial charge >= 0.3 is 7.82 Å². The van der Waals surface area contributed by atoms with E-state index in [1.165, 1.54) is 0 Å². The van der Waals surface area contributed by atoms with Gasteiger partial charge < -0.3 is 16.0 Å². The molecule has 0 bridgehead atoms. The third-order valence-electron chi connectivity index (χ3n) is 14.9. The SMILES string of the molecule is CCCCCCCC(=O)NC(c1ccccc1)C1(OP(=O)(OC2(C(NC(=O)CCCCCCC)c3ccccc3)CCC2)OC2(C(NC(=O)CCCCCCC)c3ccccc3)CCC2)CCC1. The molecule has 0 saturated heterocycles. The summed E-state index contributed by atoms with van der Waals surface area (Å²) in [6, 6.07) is 27.7. The Bertz CT molecular complexity index is 1780. The van der Waals surface area contributed by atoms with Gasteiger partial charge in [-0.3, -0.25) is 28.0 Å². The molecule has 0 radical (unpaired) electrons. The number of benzene rings is 3. The lowest BCUT2D eigenvalue weighted by atomic mass is 9.72. The zero-order valence-electron chi connectivity index (χ0n) is 41.8. The second-order valence-electron chi connectivity index (χ2n) is 20.2. The predicted molar refractivity (Wildman–Crippen MR) is 273 cm³/mol. The van der Waals surface area contributed by atoms with E-state index in [0.717, 1.165) is 132 Å². The monoisotopic (exact) mass is 954 g/mol. The van der Waals surface area contributed by atoms with Crippen LogP contribution in [0.1, 0.15) is 229 Å². The van der Waals surface area contributed by atoms with Crippen LogP contribution in [-0.2, 0) is 32.5 Å². The standard InChI is InChI=1S/C57H84N3O7P/c1-4-7-10-13-25-37-49(61)58-52(46-31-19-16-20-32-46)55(40-28-41-55)65-68(64,66-56(42-29-43-56)53(47-33-21-17-22-34-47)59-50(62)38-26-14-11-8-5-2)67-57(44-30-45-57)54(48-35-23-18-24-36-48)60-51(63)39-27-15-12-9-6-3/h16-24,31-36,52-54H,4-15,25-30,37-45H2,1-3H3,(H,58,61)(H,59,62)(H,60,63).